The van der Waals surface area contributed by atoms with Gasteiger partial charge in [-0.1, -0.05) is 6.42 Å². The van der Waals surface area contributed by atoms with Crippen molar-refractivity contribution in [3.05, 3.63) is 40.5 Å². The molecule has 0 saturated carbocycles. The molecule has 0 spiro atoms. The standard InChI is InChI=1S/C22H24F2N4OS/c23-22(24)29-15-9-7-14(8-10-15)25-20-19-16-5-4-6-17(16)30-21(19)27-18(26-20)13-28-11-2-1-3-12-28/h7-10,22H,1-6,11-13H2,(H,25,26,27). The minimum absolute atomic E-state index is 0.144. The van der Waals surface area contributed by atoms with Gasteiger partial charge in [-0.15, -0.1) is 11.3 Å². The van der Waals surface area contributed by atoms with E-state index in [1.54, 1.807) is 35.6 Å². The van der Waals surface area contributed by atoms with E-state index in [9.17, 15) is 8.78 Å². The van der Waals surface area contributed by atoms with E-state index < -0.39 is 6.61 Å². The Kier molecular flexibility index (Phi) is 5.52. The number of nitrogens with zero attached hydrogens (tertiary/aromatic N) is 3. The molecule has 3 aromatic rings. The maximum Gasteiger partial charge on any atom is 0.387 e. The van der Waals surface area contributed by atoms with Crippen molar-refractivity contribution in [2.24, 2.45) is 0 Å². The van der Waals surface area contributed by atoms with Crippen LogP contribution in [0.15, 0.2) is 24.3 Å². The lowest BCUT2D eigenvalue weighted by Crippen LogP contribution is -2.29. The van der Waals surface area contributed by atoms with E-state index in [-0.39, 0.29) is 5.75 Å². The highest BCUT2D eigenvalue weighted by molar-refractivity contribution is 7.19. The number of ether oxygens (including phenoxy) is 1. The highest BCUT2D eigenvalue weighted by Gasteiger charge is 2.23. The number of alkyl halides is 2. The highest BCUT2D eigenvalue weighted by atomic mass is 32.1. The molecule has 0 amide bonds. The van der Waals surface area contributed by atoms with Gasteiger partial charge >= 0.3 is 6.61 Å². The average Bonchev–Trinajstić information content (AvgIpc) is 3.31. The third-order valence-electron chi connectivity index (χ3n) is 5.77. The smallest absolute Gasteiger partial charge is 0.387 e. The number of halogens is 2. The number of hydrogen-bond acceptors (Lipinski definition) is 6. The Morgan fingerprint density at radius 3 is 2.60 bits per heavy atom. The predicted octanol–water partition coefficient (Wildman–Crippen LogP) is 5.51. The molecule has 5 rings (SSSR count). The molecule has 0 radical (unpaired) electrons. The van der Waals surface area contributed by atoms with Crippen molar-refractivity contribution >= 4 is 33.1 Å². The quantitative estimate of drug-likeness (QED) is 0.559. The van der Waals surface area contributed by atoms with Crippen LogP contribution in [-0.4, -0.2) is 34.6 Å². The molecule has 1 saturated heterocycles. The van der Waals surface area contributed by atoms with Crippen LogP contribution in [0.3, 0.4) is 0 Å². The Labute approximate surface area is 178 Å². The summed E-state index contributed by atoms with van der Waals surface area (Å²) in [5.74, 6) is 1.80. The summed E-state index contributed by atoms with van der Waals surface area (Å²) in [7, 11) is 0. The van der Waals surface area contributed by atoms with E-state index >= 15 is 0 Å². The molecule has 8 heteroatoms. The van der Waals surface area contributed by atoms with Gasteiger partial charge < -0.3 is 10.1 Å². The number of thiophene rings is 1. The van der Waals surface area contributed by atoms with Crippen molar-refractivity contribution < 1.29 is 13.5 Å². The van der Waals surface area contributed by atoms with Gasteiger partial charge in [-0.25, -0.2) is 9.97 Å². The normalized spacial score (nSPS) is 16.9. The minimum atomic E-state index is -2.82. The van der Waals surface area contributed by atoms with Gasteiger partial charge in [-0.05, 0) is 75.0 Å². The second-order valence-electron chi connectivity index (χ2n) is 7.89. The molecule has 1 aliphatic heterocycles. The van der Waals surface area contributed by atoms with Crippen molar-refractivity contribution in [2.75, 3.05) is 18.4 Å². The SMILES string of the molecule is FC(F)Oc1ccc(Nc2nc(CN3CCCCC3)nc3sc4c(c23)CCC4)cc1. The zero-order chi connectivity index (χ0) is 20.5. The van der Waals surface area contributed by atoms with E-state index in [0.717, 1.165) is 60.0 Å². The molecule has 158 valence electrons. The number of piperidine rings is 1. The second-order valence-corrected chi connectivity index (χ2v) is 8.97. The summed E-state index contributed by atoms with van der Waals surface area (Å²) < 4.78 is 29.3. The van der Waals surface area contributed by atoms with Crippen LogP contribution in [0, 0.1) is 0 Å². The number of hydrogen-bond donors (Lipinski definition) is 1. The lowest BCUT2D eigenvalue weighted by atomic mass is 10.1. The largest absolute Gasteiger partial charge is 0.435 e. The van der Waals surface area contributed by atoms with E-state index in [4.69, 9.17) is 9.97 Å². The number of benzene rings is 1. The maximum atomic E-state index is 12.4. The van der Waals surface area contributed by atoms with Crippen molar-refractivity contribution in [1.29, 1.82) is 0 Å². The van der Waals surface area contributed by atoms with Gasteiger partial charge in [0.2, 0.25) is 0 Å². The number of aryl methyl sites for hydroxylation is 2. The first kappa shape index (κ1) is 19.6. The molecule has 30 heavy (non-hydrogen) atoms. The second kappa shape index (κ2) is 8.43. The average molecular weight is 431 g/mol. The number of fused-ring (bicyclic) bond motifs is 3. The van der Waals surface area contributed by atoms with Crippen LogP contribution >= 0.6 is 11.3 Å². The molecule has 1 aromatic carbocycles. The zero-order valence-electron chi connectivity index (χ0n) is 16.7. The molecular formula is C22H24F2N4OS. The molecule has 5 nitrogen and oxygen atoms in total. The highest BCUT2D eigenvalue weighted by Crippen LogP contribution is 2.40. The summed E-state index contributed by atoms with van der Waals surface area (Å²) in [5, 5.41) is 4.53. The molecule has 1 aliphatic carbocycles. The van der Waals surface area contributed by atoms with Gasteiger partial charge in [-0.2, -0.15) is 8.78 Å². The first-order valence-electron chi connectivity index (χ1n) is 10.5. The molecule has 2 aliphatic rings. The third kappa shape index (κ3) is 4.11. The molecule has 0 atom stereocenters. The molecule has 1 N–H and O–H groups in total. The van der Waals surface area contributed by atoms with Gasteiger partial charge in [0.15, 0.2) is 0 Å². The lowest BCUT2D eigenvalue weighted by Gasteiger charge is -2.25. The molecular weight excluding hydrogens is 406 g/mol. The first-order valence-corrected chi connectivity index (χ1v) is 11.3. The van der Waals surface area contributed by atoms with Crippen molar-refractivity contribution in [2.45, 2.75) is 51.7 Å². The molecule has 2 aromatic heterocycles. The summed E-state index contributed by atoms with van der Waals surface area (Å²) in [4.78, 5) is 14.7. The summed E-state index contributed by atoms with van der Waals surface area (Å²) in [6.45, 7) is 0.123. The van der Waals surface area contributed by atoms with Gasteiger partial charge in [-0.3, -0.25) is 4.90 Å². The number of anilines is 2. The summed E-state index contributed by atoms with van der Waals surface area (Å²) >= 11 is 1.78. The van der Waals surface area contributed by atoms with Crippen LogP contribution < -0.4 is 10.1 Å². The number of nitrogens with one attached hydrogen (secondary N) is 1. The minimum Gasteiger partial charge on any atom is -0.435 e. The van der Waals surface area contributed by atoms with E-state index in [0.29, 0.717) is 0 Å². The fourth-order valence-corrected chi connectivity index (χ4v) is 5.66. The Balaban J connectivity index is 1.47. The first-order chi connectivity index (χ1) is 14.7. The Hall–Kier alpha value is -2.32. The number of aromatic nitrogens is 2. The van der Waals surface area contributed by atoms with Gasteiger partial charge in [0.25, 0.3) is 0 Å². The summed E-state index contributed by atoms with van der Waals surface area (Å²) in [5.41, 5.74) is 2.15. The Morgan fingerprint density at radius 2 is 1.83 bits per heavy atom. The Morgan fingerprint density at radius 1 is 1.03 bits per heavy atom. The van der Waals surface area contributed by atoms with E-state index in [2.05, 4.69) is 15.0 Å². The van der Waals surface area contributed by atoms with Crippen LogP contribution in [-0.2, 0) is 19.4 Å². The van der Waals surface area contributed by atoms with Crippen molar-refractivity contribution in [3.8, 4) is 5.75 Å². The van der Waals surface area contributed by atoms with E-state index in [1.165, 1.54) is 36.1 Å². The lowest BCUT2D eigenvalue weighted by molar-refractivity contribution is -0.0498. The molecule has 0 unspecified atom stereocenters. The Bertz CT molecular complexity index is 1030. The number of rotatable bonds is 6. The fourth-order valence-electron chi connectivity index (χ4n) is 4.38. The van der Waals surface area contributed by atoms with Crippen molar-refractivity contribution in [3.63, 3.8) is 0 Å². The molecule has 3 heterocycles. The van der Waals surface area contributed by atoms with Gasteiger partial charge in [0.1, 0.15) is 22.2 Å². The third-order valence-corrected chi connectivity index (χ3v) is 6.95. The number of likely N-dealkylation sites (tertiary alicyclic amines) is 1. The van der Waals surface area contributed by atoms with Crippen LogP contribution in [0.1, 0.15) is 41.9 Å². The topological polar surface area (TPSA) is 50.3 Å². The predicted molar refractivity (Wildman–Crippen MR) is 115 cm³/mol. The van der Waals surface area contributed by atoms with Crippen LogP contribution in [0.4, 0.5) is 20.3 Å². The van der Waals surface area contributed by atoms with Gasteiger partial charge in [0.05, 0.1) is 11.9 Å². The monoisotopic (exact) mass is 430 g/mol. The van der Waals surface area contributed by atoms with Crippen molar-refractivity contribution in [1.82, 2.24) is 14.9 Å². The zero-order valence-corrected chi connectivity index (χ0v) is 17.5. The van der Waals surface area contributed by atoms with Crippen LogP contribution in [0.5, 0.6) is 5.75 Å². The maximum absolute atomic E-state index is 12.4. The molecule has 1 fully saturated rings. The van der Waals surface area contributed by atoms with E-state index in [1.807, 2.05) is 0 Å². The summed E-state index contributed by atoms with van der Waals surface area (Å²) in [6, 6.07) is 6.56. The molecule has 0 bridgehead atoms. The van der Waals surface area contributed by atoms with Gasteiger partial charge in [0, 0.05) is 10.6 Å². The van der Waals surface area contributed by atoms with Crippen LogP contribution in [0.25, 0.3) is 10.2 Å². The van der Waals surface area contributed by atoms with Crippen LogP contribution in [0.2, 0.25) is 0 Å². The summed E-state index contributed by atoms with van der Waals surface area (Å²) in [6.07, 6.45) is 7.09. The fraction of sp³-hybridized carbons (Fsp3) is 0.455.